The third kappa shape index (κ3) is 4.01. The quantitative estimate of drug-likeness (QED) is 0.855. The van der Waals surface area contributed by atoms with Crippen LogP contribution in [-0.4, -0.2) is 20.1 Å². The van der Waals surface area contributed by atoms with E-state index < -0.39 is 11.7 Å². The summed E-state index contributed by atoms with van der Waals surface area (Å²) in [5.41, 5.74) is 1.50. The van der Waals surface area contributed by atoms with Crippen molar-refractivity contribution in [1.29, 1.82) is 0 Å². The minimum Gasteiger partial charge on any atom is -0.497 e. The van der Waals surface area contributed by atoms with Gasteiger partial charge in [-0.25, -0.2) is 4.39 Å². The Bertz CT molecular complexity index is 711. The molecule has 0 atom stereocenters. The number of benzene rings is 2. The molecule has 0 unspecified atom stereocenters. The average Bonchev–Trinajstić information content (AvgIpc) is 2.51. The second-order valence-corrected chi connectivity index (χ2v) is 5.82. The lowest BCUT2D eigenvalue weighted by atomic mass is 10.1. The first-order chi connectivity index (χ1) is 11.0. The number of amides is 1. The number of rotatable bonds is 5. The molecular formula is C17H17BrFNO3. The number of aryl methyl sites for hydroxylation is 1. The summed E-state index contributed by atoms with van der Waals surface area (Å²) in [6, 6.07) is 8.31. The molecule has 0 fully saturated rings. The van der Waals surface area contributed by atoms with Gasteiger partial charge in [0.05, 0.1) is 19.8 Å². The Morgan fingerprint density at radius 2 is 1.96 bits per heavy atom. The molecule has 4 nitrogen and oxygen atoms in total. The van der Waals surface area contributed by atoms with E-state index >= 15 is 0 Å². The second kappa shape index (κ2) is 7.46. The molecule has 23 heavy (non-hydrogen) atoms. The maximum atomic E-state index is 14.0. The SMILES string of the molecule is COc1ccc(CNC(=O)c2c(F)cc(C)cc2Br)c(OC)c1. The molecule has 0 radical (unpaired) electrons. The van der Waals surface area contributed by atoms with Crippen LogP contribution >= 0.6 is 15.9 Å². The lowest BCUT2D eigenvalue weighted by molar-refractivity contribution is 0.0946. The Kier molecular flexibility index (Phi) is 5.60. The van der Waals surface area contributed by atoms with Gasteiger partial charge in [-0.2, -0.15) is 0 Å². The van der Waals surface area contributed by atoms with Gasteiger partial charge < -0.3 is 14.8 Å². The van der Waals surface area contributed by atoms with Gasteiger partial charge in [0.2, 0.25) is 0 Å². The van der Waals surface area contributed by atoms with Crippen LogP contribution in [0, 0.1) is 12.7 Å². The number of ether oxygens (including phenoxy) is 2. The Morgan fingerprint density at radius 3 is 2.57 bits per heavy atom. The van der Waals surface area contributed by atoms with Crippen LogP contribution in [0.15, 0.2) is 34.8 Å². The van der Waals surface area contributed by atoms with E-state index in [0.29, 0.717) is 16.0 Å². The van der Waals surface area contributed by atoms with Gasteiger partial charge in [0, 0.05) is 22.6 Å². The van der Waals surface area contributed by atoms with Crippen molar-refractivity contribution < 1.29 is 18.7 Å². The van der Waals surface area contributed by atoms with Gasteiger partial charge in [-0.15, -0.1) is 0 Å². The van der Waals surface area contributed by atoms with Crippen molar-refractivity contribution in [2.75, 3.05) is 14.2 Å². The molecule has 6 heteroatoms. The molecule has 1 amide bonds. The van der Waals surface area contributed by atoms with Crippen molar-refractivity contribution in [1.82, 2.24) is 5.32 Å². The van der Waals surface area contributed by atoms with Crippen LogP contribution in [0.3, 0.4) is 0 Å². The summed E-state index contributed by atoms with van der Waals surface area (Å²) in [6.45, 7) is 1.98. The van der Waals surface area contributed by atoms with Gasteiger partial charge in [-0.05, 0) is 52.7 Å². The Balaban J connectivity index is 2.17. The summed E-state index contributed by atoms with van der Waals surface area (Å²) in [4.78, 5) is 12.2. The first kappa shape index (κ1) is 17.3. The highest BCUT2D eigenvalue weighted by atomic mass is 79.9. The third-order valence-corrected chi connectivity index (χ3v) is 3.97. The Hall–Kier alpha value is -2.08. The largest absolute Gasteiger partial charge is 0.497 e. The van der Waals surface area contributed by atoms with Gasteiger partial charge in [0.15, 0.2) is 0 Å². The number of halogens is 2. The number of hydrogen-bond donors (Lipinski definition) is 1. The van der Waals surface area contributed by atoms with E-state index in [2.05, 4.69) is 21.2 Å². The third-order valence-electron chi connectivity index (χ3n) is 3.35. The smallest absolute Gasteiger partial charge is 0.255 e. The zero-order chi connectivity index (χ0) is 17.0. The molecule has 0 heterocycles. The molecule has 2 aromatic rings. The highest BCUT2D eigenvalue weighted by Gasteiger charge is 2.17. The summed E-state index contributed by atoms with van der Waals surface area (Å²) < 4.78 is 24.8. The van der Waals surface area contributed by atoms with Crippen LogP contribution in [0.4, 0.5) is 4.39 Å². The summed E-state index contributed by atoms with van der Waals surface area (Å²) in [5, 5.41) is 2.70. The molecule has 0 bridgehead atoms. The average molecular weight is 382 g/mol. The van der Waals surface area contributed by atoms with Crippen LogP contribution in [0.1, 0.15) is 21.5 Å². The fourth-order valence-corrected chi connectivity index (χ4v) is 2.91. The molecule has 2 aromatic carbocycles. The predicted octanol–water partition coefficient (Wildman–Crippen LogP) is 3.84. The van der Waals surface area contributed by atoms with Crippen molar-refractivity contribution in [2.24, 2.45) is 0 Å². The van der Waals surface area contributed by atoms with E-state index in [0.717, 1.165) is 11.1 Å². The lowest BCUT2D eigenvalue weighted by Crippen LogP contribution is -2.24. The summed E-state index contributed by atoms with van der Waals surface area (Å²) in [7, 11) is 3.10. The van der Waals surface area contributed by atoms with E-state index in [-0.39, 0.29) is 12.1 Å². The normalized spacial score (nSPS) is 10.3. The highest BCUT2D eigenvalue weighted by molar-refractivity contribution is 9.10. The van der Waals surface area contributed by atoms with Gasteiger partial charge in [-0.3, -0.25) is 4.79 Å². The fraction of sp³-hybridized carbons (Fsp3) is 0.235. The molecule has 0 saturated heterocycles. The van der Waals surface area contributed by atoms with E-state index in [1.165, 1.54) is 13.2 Å². The molecule has 122 valence electrons. The topological polar surface area (TPSA) is 47.6 Å². The number of hydrogen-bond acceptors (Lipinski definition) is 3. The minimum atomic E-state index is -0.559. The monoisotopic (exact) mass is 381 g/mol. The summed E-state index contributed by atoms with van der Waals surface area (Å²) in [6.07, 6.45) is 0. The number of carbonyl (C=O) groups is 1. The fourth-order valence-electron chi connectivity index (χ4n) is 2.18. The highest BCUT2D eigenvalue weighted by Crippen LogP contribution is 2.25. The molecule has 0 aliphatic carbocycles. The van der Waals surface area contributed by atoms with Crippen molar-refractivity contribution >= 4 is 21.8 Å². The minimum absolute atomic E-state index is 0.0110. The number of nitrogens with one attached hydrogen (secondary N) is 1. The van der Waals surface area contributed by atoms with Gasteiger partial charge in [0.1, 0.15) is 17.3 Å². The molecule has 0 aliphatic heterocycles. The van der Waals surface area contributed by atoms with Crippen molar-refractivity contribution in [3.05, 3.63) is 57.3 Å². The first-order valence-electron chi connectivity index (χ1n) is 6.91. The van der Waals surface area contributed by atoms with E-state index in [1.54, 1.807) is 38.3 Å². The predicted molar refractivity (Wildman–Crippen MR) is 89.6 cm³/mol. The number of carbonyl (C=O) groups excluding carboxylic acids is 1. The van der Waals surface area contributed by atoms with Gasteiger partial charge in [0.25, 0.3) is 5.91 Å². The van der Waals surface area contributed by atoms with Gasteiger partial charge >= 0.3 is 0 Å². The van der Waals surface area contributed by atoms with E-state index in [9.17, 15) is 9.18 Å². The molecule has 0 aliphatic rings. The molecule has 0 aromatic heterocycles. The summed E-state index contributed by atoms with van der Waals surface area (Å²) >= 11 is 3.23. The maximum Gasteiger partial charge on any atom is 0.255 e. The molecular weight excluding hydrogens is 365 g/mol. The molecule has 0 saturated carbocycles. The molecule has 2 rings (SSSR count). The van der Waals surface area contributed by atoms with Crippen LogP contribution in [0.2, 0.25) is 0 Å². The summed E-state index contributed by atoms with van der Waals surface area (Å²) in [5.74, 6) is 0.195. The zero-order valence-corrected chi connectivity index (χ0v) is 14.7. The Morgan fingerprint density at radius 1 is 1.22 bits per heavy atom. The van der Waals surface area contributed by atoms with Crippen LogP contribution in [0.25, 0.3) is 0 Å². The molecule has 0 spiro atoms. The molecule has 1 N–H and O–H groups in total. The van der Waals surface area contributed by atoms with E-state index in [4.69, 9.17) is 9.47 Å². The van der Waals surface area contributed by atoms with Crippen molar-refractivity contribution in [3.63, 3.8) is 0 Å². The van der Waals surface area contributed by atoms with Crippen LogP contribution in [0.5, 0.6) is 11.5 Å². The van der Waals surface area contributed by atoms with Gasteiger partial charge in [-0.1, -0.05) is 0 Å². The Labute approximate surface area is 142 Å². The lowest BCUT2D eigenvalue weighted by Gasteiger charge is -2.12. The standard InChI is InChI=1S/C17H17BrFNO3/c1-10-6-13(18)16(14(19)7-10)17(21)20-9-11-4-5-12(22-2)8-15(11)23-3/h4-8H,9H2,1-3H3,(H,20,21). The van der Waals surface area contributed by atoms with Crippen LogP contribution in [-0.2, 0) is 6.54 Å². The second-order valence-electron chi connectivity index (χ2n) is 4.96. The van der Waals surface area contributed by atoms with Crippen molar-refractivity contribution in [2.45, 2.75) is 13.5 Å². The zero-order valence-electron chi connectivity index (χ0n) is 13.1. The van der Waals surface area contributed by atoms with E-state index in [1.807, 2.05) is 0 Å². The first-order valence-corrected chi connectivity index (χ1v) is 7.70. The van der Waals surface area contributed by atoms with Crippen molar-refractivity contribution in [3.8, 4) is 11.5 Å². The number of methoxy groups -OCH3 is 2. The van der Waals surface area contributed by atoms with Crippen LogP contribution < -0.4 is 14.8 Å². The maximum absolute atomic E-state index is 14.0.